The molecule has 0 radical (unpaired) electrons. The van der Waals surface area contributed by atoms with E-state index in [1.807, 2.05) is 0 Å². The van der Waals surface area contributed by atoms with E-state index in [2.05, 4.69) is 10.6 Å². The van der Waals surface area contributed by atoms with Gasteiger partial charge in [0.05, 0.1) is 31.7 Å². The second-order valence-electron chi connectivity index (χ2n) is 9.82. The molecule has 0 unspecified atom stereocenters. The molecule has 2 amide bonds. The number of halogens is 2. The first kappa shape index (κ1) is 34.6. The third-order valence-corrected chi connectivity index (χ3v) is 7.56. The van der Waals surface area contributed by atoms with Crippen LogP contribution in [-0.4, -0.2) is 64.7 Å². The van der Waals surface area contributed by atoms with E-state index < -0.39 is 59.8 Å². The maximum atomic E-state index is 14.0. The largest absolute Gasteiger partial charge is 0.496 e. The second kappa shape index (κ2) is 16.7. The van der Waals surface area contributed by atoms with E-state index in [1.54, 1.807) is 32.0 Å². The maximum absolute atomic E-state index is 14.0. The minimum Gasteiger partial charge on any atom is -0.496 e. The summed E-state index contributed by atoms with van der Waals surface area (Å²) in [5, 5.41) is 23.6. The highest BCUT2D eigenvalue weighted by atomic mass is 35.5. The minimum atomic E-state index is -1.37. The molecule has 4 N–H and O–H groups in total. The number of thioether (sulfide) groups is 1. The van der Waals surface area contributed by atoms with E-state index in [9.17, 15) is 33.5 Å². The number of methoxy groups -OCH3 is 1. The summed E-state index contributed by atoms with van der Waals surface area (Å²) >= 11 is 7.05. The number of ketones is 1. The van der Waals surface area contributed by atoms with E-state index >= 15 is 0 Å². The van der Waals surface area contributed by atoms with Gasteiger partial charge >= 0.3 is 11.9 Å². The van der Waals surface area contributed by atoms with Gasteiger partial charge < -0.3 is 25.6 Å². The van der Waals surface area contributed by atoms with Crippen molar-refractivity contribution in [1.29, 1.82) is 0 Å². The molecule has 0 aliphatic rings. The van der Waals surface area contributed by atoms with Gasteiger partial charge in [-0.05, 0) is 36.1 Å². The molecule has 13 heteroatoms. The number of ether oxygens (including phenoxy) is 1. The van der Waals surface area contributed by atoms with E-state index in [4.69, 9.17) is 21.4 Å². The van der Waals surface area contributed by atoms with Gasteiger partial charge in [-0.15, -0.1) is 11.8 Å². The van der Waals surface area contributed by atoms with Crippen LogP contribution >= 0.6 is 23.4 Å². The molecule has 0 saturated carbocycles. The van der Waals surface area contributed by atoms with Crippen molar-refractivity contribution in [3.63, 3.8) is 0 Å². The number of hydrogen-bond donors (Lipinski definition) is 4. The van der Waals surface area contributed by atoms with Gasteiger partial charge in [0.1, 0.15) is 17.6 Å². The Morgan fingerprint density at radius 2 is 1.76 bits per heavy atom. The van der Waals surface area contributed by atoms with Gasteiger partial charge in [-0.25, -0.2) is 4.39 Å². The Balaban J connectivity index is 2.08. The van der Waals surface area contributed by atoms with Gasteiger partial charge in [0.25, 0.3) is 0 Å². The van der Waals surface area contributed by atoms with Crippen molar-refractivity contribution in [2.75, 3.05) is 12.9 Å². The van der Waals surface area contributed by atoms with Crippen molar-refractivity contribution >= 4 is 52.9 Å². The SMILES string of the molecule is COc1ccc(CCC(=O)O)cc1CC(=O)N[C@H](C(=O)N[C@@H](CC(=O)O)C(=O)CSCc1c(F)cccc1Cl)C(C)C. The summed E-state index contributed by atoms with van der Waals surface area (Å²) in [6.45, 7) is 3.36. The van der Waals surface area contributed by atoms with Crippen LogP contribution in [-0.2, 0) is 42.6 Å². The Morgan fingerprint density at radius 1 is 1.05 bits per heavy atom. The van der Waals surface area contributed by atoms with Crippen LogP contribution in [0.2, 0.25) is 5.02 Å². The minimum absolute atomic E-state index is 0.0661. The molecule has 0 aromatic heterocycles. The van der Waals surface area contributed by atoms with Gasteiger partial charge in [-0.2, -0.15) is 0 Å². The average molecular weight is 625 g/mol. The lowest BCUT2D eigenvalue weighted by Crippen LogP contribution is -2.54. The van der Waals surface area contributed by atoms with Crippen LogP contribution in [0.1, 0.15) is 43.4 Å². The lowest BCUT2D eigenvalue weighted by Gasteiger charge is -2.25. The standard InChI is InChI=1S/C29H34ClFN2O8S/c1-16(2)28(33-25(35)12-18-11-17(8-10-26(36)37)7-9-24(18)41-3)29(40)32-22(13-27(38)39)23(34)15-42-14-19-20(30)5-4-6-21(19)31/h4-7,9,11,16,22,28H,8,10,12-15H2,1-3H3,(H,32,40)(H,33,35)(H,36,37)(H,38,39)/t22-,28-/m0/s1. The summed E-state index contributed by atoms with van der Waals surface area (Å²) in [5.41, 5.74) is 1.40. The molecule has 0 fully saturated rings. The van der Waals surface area contributed by atoms with Gasteiger partial charge in [0.2, 0.25) is 11.8 Å². The molecule has 0 bridgehead atoms. The third kappa shape index (κ3) is 11.0. The summed E-state index contributed by atoms with van der Waals surface area (Å²) in [6.07, 6.45) is -0.674. The smallest absolute Gasteiger partial charge is 0.305 e. The van der Waals surface area contributed by atoms with Crippen LogP contribution in [0.25, 0.3) is 0 Å². The Hall–Kier alpha value is -3.64. The van der Waals surface area contributed by atoms with Gasteiger partial charge in [0, 0.05) is 28.3 Å². The number of rotatable bonds is 17. The number of carboxylic acid groups (broad SMARTS) is 2. The fourth-order valence-corrected chi connectivity index (χ4v) is 5.33. The highest BCUT2D eigenvalue weighted by molar-refractivity contribution is 7.99. The number of carbonyl (C=O) groups is 5. The molecule has 0 aliphatic heterocycles. The molecule has 228 valence electrons. The van der Waals surface area contributed by atoms with Crippen molar-refractivity contribution in [2.45, 2.75) is 57.4 Å². The van der Waals surface area contributed by atoms with Crippen molar-refractivity contribution in [1.82, 2.24) is 10.6 Å². The van der Waals surface area contributed by atoms with Crippen molar-refractivity contribution in [3.05, 3.63) is 63.9 Å². The summed E-state index contributed by atoms with van der Waals surface area (Å²) in [6, 6.07) is 6.75. The zero-order valence-electron chi connectivity index (χ0n) is 23.4. The molecule has 2 aromatic carbocycles. The number of hydrogen-bond acceptors (Lipinski definition) is 7. The first-order valence-electron chi connectivity index (χ1n) is 13.0. The highest BCUT2D eigenvalue weighted by Gasteiger charge is 2.30. The highest BCUT2D eigenvalue weighted by Crippen LogP contribution is 2.24. The lowest BCUT2D eigenvalue weighted by molar-refractivity contribution is -0.140. The first-order valence-corrected chi connectivity index (χ1v) is 14.6. The number of Topliss-reactive ketones (excluding diaryl/α,β-unsaturated/α-hetero) is 1. The van der Waals surface area contributed by atoms with E-state index in [0.717, 1.165) is 11.8 Å². The fraction of sp³-hybridized carbons (Fsp3) is 0.414. The Labute approximate surface area is 252 Å². The van der Waals surface area contributed by atoms with Crippen LogP contribution in [0.5, 0.6) is 5.75 Å². The molecule has 0 aliphatic carbocycles. The molecule has 2 atom stereocenters. The Bertz CT molecular complexity index is 1290. The Morgan fingerprint density at radius 3 is 2.36 bits per heavy atom. The monoisotopic (exact) mass is 624 g/mol. The molecule has 10 nitrogen and oxygen atoms in total. The van der Waals surface area contributed by atoms with Crippen LogP contribution in [0.3, 0.4) is 0 Å². The molecule has 42 heavy (non-hydrogen) atoms. The third-order valence-electron chi connectivity index (χ3n) is 6.23. The number of carboxylic acids is 2. The number of aryl methyl sites for hydroxylation is 1. The summed E-state index contributed by atoms with van der Waals surface area (Å²) < 4.78 is 19.3. The normalized spacial score (nSPS) is 12.3. The van der Waals surface area contributed by atoms with Crippen molar-refractivity contribution in [2.24, 2.45) is 5.92 Å². The average Bonchev–Trinajstić information content (AvgIpc) is 2.91. The molecular weight excluding hydrogens is 591 g/mol. The molecule has 2 aromatic rings. The maximum Gasteiger partial charge on any atom is 0.305 e. The number of amides is 2. The van der Waals surface area contributed by atoms with Gasteiger partial charge in [-0.1, -0.05) is 43.6 Å². The van der Waals surface area contributed by atoms with Crippen molar-refractivity contribution in [3.8, 4) is 5.75 Å². The van der Waals surface area contributed by atoms with E-state index in [0.29, 0.717) is 16.9 Å². The summed E-state index contributed by atoms with van der Waals surface area (Å²) in [4.78, 5) is 61.3. The van der Waals surface area contributed by atoms with Gasteiger partial charge in [-0.3, -0.25) is 24.0 Å². The fourth-order valence-electron chi connectivity index (χ4n) is 4.02. The van der Waals surface area contributed by atoms with Crippen LogP contribution in [0.15, 0.2) is 36.4 Å². The first-order chi connectivity index (χ1) is 19.8. The van der Waals surface area contributed by atoms with Crippen molar-refractivity contribution < 1.29 is 43.3 Å². The lowest BCUT2D eigenvalue weighted by atomic mass is 10.00. The summed E-state index contributed by atoms with van der Waals surface area (Å²) in [7, 11) is 1.43. The second-order valence-corrected chi connectivity index (χ2v) is 11.2. The molecular formula is C29H34ClFN2O8S. The zero-order chi connectivity index (χ0) is 31.4. The van der Waals surface area contributed by atoms with Crippen LogP contribution in [0, 0.1) is 11.7 Å². The molecule has 0 heterocycles. The quantitative estimate of drug-likeness (QED) is 0.206. The Kier molecular flexibility index (Phi) is 13.8. The molecule has 0 spiro atoms. The number of benzene rings is 2. The predicted molar refractivity (Wildman–Crippen MR) is 156 cm³/mol. The van der Waals surface area contributed by atoms with Crippen LogP contribution in [0.4, 0.5) is 4.39 Å². The number of carbonyl (C=O) groups excluding carboxylic acids is 3. The summed E-state index contributed by atoms with van der Waals surface area (Å²) in [5.74, 6) is -4.79. The number of aliphatic carboxylic acids is 2. The van der Waals surface area contributed by atoms with Crippen LogP contribution < -0.4 is 15.4 Å². The molecule has 0 saturated heterocycles. The molecule has 2 rings (SSSR count). The van der Waals surface area contributed by atoms with E-state index in [-0.39, 0.29) is 41.4 Å². The predicted octanol–water partition coefficient (Wildman–Crippen LogP) is 3.65. The number of nitrogens with one attached hydrogen (secondary N) is 2. The zero-order valence-corrected chi connectivity index (χ0v) is 25.0. The van der Waals surface area contributed by atoms with E-state index in [1.165, 1.54) is 25.3 Å². The topological polar surface area (TPSA) is 159 Å². The van der Waals surface area contributed by atoms with Gasteiger partial charge in [0.15, 0.2) is 5.78 Å².